The molecule has 0 amide bonds. The van der Waals surface area contributed by atoms with Crippen molar-refractivity contribution in [3.05, 3.63) is 38.5 Å². The maximum atomic E-state index is 10.0. The van der Waals surface area contributed by atoms with E-state index in [0.717, 1.165) is 0 Å². The molecule has 17 heavy (non-hydrogen) atoms. The maximum Gasteiger partial charge on any atom is 2.00 e. The molecule has 0 spiro atoms. The van der Waals surface area contributed by atoms with Gasteiger partial charge in [0.1, 0.15) is 0 Å². The predicted molar refractivity (Wildman–Crippen MR) is 67.0 cm³/mol. The molecule has 0 unspecified atom stereocenters. The van der Waals surface area contributed by atoms with Crippen molar-refractivity contribution < 1.29 is 41.5 Å². The standard InChI is InChI=1S/2C5H8O2.2CH3.Ti/c2*1-4(6)3-5(2)7;;;/h2*3,6H,1-2H3;2*1H3;/q;;2*-1;+2/b2*4-3-;;;. The van der Waals surface area contributed by atoms with E-state index >= 15 is 0 Å². The van der Waals surface area contributed by atoms with Gasteiger partial charge in [0.2, 0.25) is 0 Å². The van der Waals surface area contributed by atoms with Gasteiger partial charge in [-0.05, 0) is 27.7 Å². The second-order valence-electron chi connectivity index (χ2n) is 2.79. The first-order valence-electron chi connectivity index (χ1n) is 4.01. The number of ketones is 2. The summed E-state index contributed by atoms with van der Waals surface area (Å²) < 4.78 is 0. The van der Waals surface area contributed by atoms with Crippen LogP contribution < -0.4 is 0 Å². The van der Waals surface area contributed by atoms with Gasteiger partial charge in [0.15, 0.2) is 11.6 Å². The van der Waals surface area contributed by atoms with Gasteiger partial charge in [0.05, 0.1) is 11.5 Å². The van der Waals surface area contributed by atoms with E-state index in [1.807, 2.05) is 0 Å². The van der Waals surface area contributed by atoms with E-state index in [2.05, 4.69) is 0 Å². The summed E-state index contributed by atoms with van der Waals surface area (Å²) in [7, 11) is 0. The van der Waals surface area contributed by atoms with E-state index in [0.29, 0.717) is 0 Å². The van der Waals surface area contributed by atoms with E-state index in [-0.39, 0.29) is 59.7 Å². The Bertz CT molecular complexity index is 232. The first-order valence-corrected chi connectivity index (χ1v) is 4.01. The second kappa shape index (κ2) is 17.5. The Morgan fingerprint density at radius 1 is 0.765 bits per heavy atom. The molecule has 5 heteroatoms. The quantitative estimate of drug-likeness (QED) is 0.352. The number of aliphatic hydroxyl groups excluding tert-OH is 2. The van der Waals surface area contributed by atoms with Crippen molar-refractivity contribution in [2.45, 2.75) is 27.7 Å². The third-order valence-corrected chi connectivity index (χ3v) is 0.824. The smallest absolute Gasteiger partial charge is 0.512 e. The molecule has 0 fully saturated rings. The van der Waals surface area contributed by atoms with Crippen LogP contribution in [0.1, 0.15) is 27.7 Å². The fourth-order valence-electron chi connectivity index (χ4n) is 0.588. The van der Waals surface area contributed by atoms with Crippen LogP contribution in [0.3, 0.4) is 0 Å². The molecule has 0 aromatic heterocycles. The molecule has 0 aliphatic heterocycles. The number of carbonyl (C=O) groups is 2. The van der Waals surface area contributed by atoms with Crippen molar-refractivity contribution >= 4 is 11.6 Å². The zero-order valence-electron chi connectivity index (χ0n) is 11.4. The van der Waals surface area contributed by atoms with Gasteiger partial charge < -0.3 is 25.1 Å². The summed E-state index contributed by atoms with van der Waals surface area (Å²) in [4.78, 5) is 20.0. The molecule has 0 saturated carbocycles. The van der Waals surface area contributed by atoms with Crippen LogP contribution >= 0.6 is 0 Å². The first kappa shape index (κ1) is 29.8. The van der Waals surface area contributed by atoms with Crippen LogP contribution in [0.5, 0.6) is 0 Å². The molecule has 0 bridgehead atoms. The van der Waals surface area contributed by atoms with Crippen LogP contribution in [0, 0.1) is 14.9 Å². The molecule has 98 valence electrons. The van der Waals surface area contributed by atoms with E-state index in [1.54, 1.807) is 0 Å². The molecule has 0 saturated heterocycles. The van der Waals surface area contributed by atoms with Gasteiger partial charge in [0, 0.05) is 12.2 Å². The Labute approximate surface area is 119 Å². The number of allylic oxidation sites excluding steroid dienone is 4. The van der Waals surface area contributed by atoms with Crippen LogP contribution in [-0.2, 0) is 31.3 Å². The molecule has 4 nitrogen and oxygen atoms in total. The number of hydrogen-bond donors (Lipinski definition) is 2. The summed E-state index contributed by atoms with van der Waals surface area (Å²) >= 11 is 0. The van der Waals surface area contributed by atoms with Gasteiger partial charge in [-0.2, -0.15) is 0 Å². The molecule has 0 heterocycles. The number of rotatable bonds is 2. The normalized spacial score (nSPS) is 9.41. The average Bonchev–Trinajstić information content (AvgIpc) is 1.79. The SMILES string of the molecule is CC(=O)/C=C(/C)O.CC(=O)/C=C(/C)O.[CH3-].[CH3-].[Ti+2]. The molecule has 0 atom stereocenters. The maximum absolute atomic E-state index is 10.0. The predicted octanol–water partition coefficient (Wildman–Crippen LogP) is 2.97. The minimum Gasteiger partial charge on any atom is -0.512 e. The summed E-state index contributed by atoms with van der Waals surface area (Å²) in [5, 5.41) is 16.7. The molecule has 0 aromatic carbocycles. The molecule has 0 aliphatic carbocycles. The zero-order valence-corrected chi connectivity index (χ0v) is 12.9. The summed E-state index contributed by atoms with van der Waals surface area (Å²) in [6.45, 7) is 5.70. The Hall–Kier alpha value is -0.866. The van der Waals surface area contributed by atoms with Crippen molar-refractivity contribution in [3.8, 4) is 0 Å². The zero-order chi connectivity index (χ0) is 11.7. The monoisotopic (exact) mass is 278 g/mol. The van der Waals surface area contributed by atoms with E-state index in [4.69, 9.17) is 10.2 Å². The average molecular weight is 278 g/mol. The third kappa shape index (κ3) is 51.3. The fraction of sp³-hybridized carbons (Fsp3) is 0.333. The minimum absolute atomic E-state index is 0. The molecular formula is C12H22O4Ti. The van der Waals surface area contributed by atoms with Crippen molar-refractivity contribution in [3.63, 3.8) is 0 Å². The Morgan fingerprint density at radius 2 is 0.941 bits per heavy atom. The second-order valence-corrected chi connectivity index (χ2v) is 2.79. The summed E-state index contributed by atoms with van der Waals surface area (Å²) in [5.74, 6) is -0.125. The van der Waals surface area contributed by atoms with Gasteiger partial charge in [-0.1, -0.05) is 0 Å². The van der Waals surface area contributed by atoms with E-state index < -0.39 is 0 Å². The molecular weight excluding hydrogens is 256 g/mol. The topological polar surface area (TPSA) is 74.6 Å². The van der Waals surface area contributed by atoms with E-state index in [1.165, 1.54) is 39.8 Å². The molecule has 0 rings (SSSR count). The van der Waals surface area contributed by atoms with Crippen LogP contribution in [-0.4, -0.2) is 21.8 Å². The summed E-state index contributed by atoms with van der Waals surface area (Å²) in [6.07, 6.45) is 2.33. The summed E-state index contributed by atoms with van der Waals surface area (Å²) in [6, 6.07) is 0. The van der Waals surface area contributed by atoms with Crippen LogP contribution in [0.2, 0.25) is 0 Å². The Kier molecular flexibility index (Phi) is 30.7. The fourth-order valence-corrected chi connectivity index (χ4v) is 0.588. The Balaban J connectivity index is -0.0000000480. The van der Waals surface area contributed by atoms with Crippen molar-refractivity contribution in [1.82, 2.24) is 0 Å². The van der Waals surface area contributed by atoms with Crippen molar-refractivity contribution in [2.24, 2.45) is 0 Å². The number of hydrogen-bond acceptors (Lipinski definition) is 4. The van der Waals surface area contributed by atoms with Gasteiger partial charge in [0.25, 0.3) is 0 Å². The minimum atomic E-state index is -0.125. The Morgan fingerprint density at radius 3 is 0.941 bits per heavy atom. The molecule has 0 radical (unpaired) electrons. The first-order chi connectivity index (χ1) is 6.25. The van der Waals surface area contributed by atoms with Gasteiger partial charge in [-0.3, -0.25) is 9.59 Å². The molecule has 2 N–H and O–H groups in total. The van der Waals surface area contributed by atoms with E-state index in [9.17, 15) is 9.59 Å². The van der Waals surface area contributed by atoms with Crippen molar-refractivity contribution in [1.29, 1.82) is 0 Å². The van der Waals surface area contributed by atoms with Gasteiger partial charge in [-0.15, -0.1) is 0 Å². The van der Waals surface area contributed by atoms with Gasteiger partial charge in [-0.25, -0.2) is 0 Å². The van der Waals surface area contributed by atoms with Crippen LogP contribution in [0.15, 0.2) is 23.7 Å². The summed E-state index contributed by atoms with van der Waals surface area (Å²) in [5.41, 5.74) is 0. The van der Waals surface area contributed by atoms with Crippen LogP contribution in [0.25, 0.3) is 0 Å². The number of aliphatic hydroxyl groups is 2. The number of carbonyl (C=O) groups excluding carboxylic acids is 2. The van der Waals surface area contributed by atoms with Crippen LogP contribution in [0.4, 0.5) is 0 Å². The third-order valence-electron chi connectivity index (χ3n) is 0.824. The van der Waals surface area contributed by atoms with Gasteiger partial charge >= 0.3 is 21.7 Å². The molecule has 0 aromatic rings. The largest absolute Gasteiger partial charge is 2.00 e. The van der Waals surface area contributed by atoms with Crippen molar-refractivity contribution in [2.75, 3.05) is 0 Å². The molecule has 0 aliphatic rings.